The summed E-state index contributed by atoms with van der Waals surface area (Å²) in [5.41, 5.74) is 22.0. The van der Waals surface area contributed by atoms with Crippen LogP contribution in [0.4, 0.5) is 0 Å². The van der Waals surface area contributed by atoms with E-state index in [1.165, 1.54) is 6.92 Å². The Kier molecular flexibility index (Phi) is 13.1. The normalized spacial score (nSPS) is 13.8. The number of nitrogens with one attached hydrogen (secondary N) is 3. The predicted molar refractivity (Wildman–Crippen MR) is 136 cm³/mol. The number of carbonyl (C=O) groups is 5. The monoisotopic (exact) mass is 520 g/mol. The van der Waals surface area contributed by atoms with Gasteiger partial charge in [0.1, 0.15) is 18.1 Å². The fourth-order valence-corrected chi connectivity index (χ4v) is 3.22. The molecule has 14 nitrogen and oxygen atoms in total. The van der Waals surface area contributed by atoms with E-state index >= 15 is 0 Å². The van der Waals surface area contributed by atoms with Gasteiger partial charge in [0.2, 0.25) is 23.6 Å². The van der Waals surface area contributed by atoms with E-state index in [0.717, 1.165) is 0 Å². The molecule has 0 aliphatic heterocycles. The molecule has 0 radical (unpaired) electrons. The number of hydrogen-bond acceptors (Lipinski definition) is 7. The minimum atomic E-state index is -1.40. The second-order valence-corrected chi connectivity index (χ2v) is 8.45. The zero-order valence-corrected chi connectivity index (χ0v) is 20.7. The molecule has 1 rings (SSSR count). The van der Waals surface area contributed by atoms with Gasteiger partial charge >= 0.3 is 5.97 Å². The summed E-state index contributed by atoms with van der Waals surface area (Å²) < 4.78 is 0. The highest BCUT2D eigenvalue weighted by molar-refractivity contribution is 5.94. The average Bonchev–Trinajstić information content (AvgIpc) is 2.82. The summed E-state index contributed by atoms with van der Waals surface area (Å²) >= 11 is 0. The first-order valence-corrected chi connectivity index (χ1v) is 11.7. The smallest absolute Gasteiger partial charge is 0.326 e. The molecule has 4 unspecified atom stereocenters. The summed E-state index contributed by atoms with van der Waals surface area (Å²) in [6.07, 6.45) is 0.0209. The summed E-state index contributed by atoms with van der Waals surface area (Å²) in [5, 5.41) is 16.9. The molecule has 4 atom stereocenters. The Balaban J connectivity index is 3.10. The number of aliphatic imine (C=N–C) groups is 1. The van der Waals surface area contributed by atoms with Crippen molar-refractivity contribution in [3.63, 3.8) is 0 Å². The maximum Gasteiger partial charge on any atom is 0.326 e. The van der Waals surface area contributed by atoms with Gasteiger partial charge in [-0.15, -0.1) is 0 Å². The highest BCUT2D eigenvalue weighted by Gasteiger charge is 2.30. The van der Waals surface area contributed by atoms with Gasteiger partial charge < -0.3 is 44.0 Å². The molecule has 14 heteroatoms. The molecule has 0 spiro atoms. The minimum Gasteiger partial charge on any atom is -0.480 e. The van der Waals surface area contributed by atoms with Crippen molar-refractivity contribution in [3.8, 4) is 0 Å². The number of benzene rings is 1. The maximum absolute atomic E-state index is 13.2. The van der Waals surface area contributed by atoms with Crippen LogP contribution in [0.3, 0.4) is 0 Å². The summed E-state index contributed by atoms with van der Waals surface area (Å²) in [4.78, 5) is 64.9. The molecule has 0 saturated heterocycles. The molecule has 0 aliphatic rings. The van der Waals surface area contributed by atoms with E-state index in [1.807, 2.05) is 0 Å². The Morgan fingerprint density at radius 2 is 1.43 bits per heavy atom. The number of rotatable bonds is 16. The fourth-order valence-electron chi connectivity index (χ4n) is 3.22. The quantitative estimate of drug-likeness (QED) is 0.0646. The largest absolute Gasteiger partial charge is 0.480 e. The second-order valence-electron chi connectivity index (χ2n) is 8.45. The molecule has 0 aromatic heterocycles. The Morgan fingerprint density at radius 1 is 0.865 bits per heavy atom. The first-order chi connectivity index (χ1) is 17.4. The molecule has 1 aromatic carbocycles. The van der Waals surface area contributed by atoms with E-state index in [0.29, 0.717) is 12.0 Å². The SMILES string of the molecule is CC(N)C(=O)NC(CCCN=C(N)N)C(=O)NC(Cc1ccccc1)C(=O)NC(CCC(N)=O)C(=O)O. The van der Waals surface area contributed by atoms with Crippen LogP contribution < -0.4 is 38.9 Å². The van der Waals surface area contributed by atoms with Gasteiger partial charge in [0.05, 0.1) is 6.04 Å². The lowest BCUT2D eigenvalue weighted by atomic mass is 10.0. The van der Waals surface area contributed by atoms with Gasteiger partial charge in [-0.2, -0.15) is 0 Å². The standard InChI is InChI=1S/C23H36N8O6/c1-13(24)19(33)29-15(8-5-11-28-23(26)27)20(34)31-17(12-14-6-3-2-4-7-14)21(35)30-16(22(36)37)9-10-18(25)32/h2-4,6-7,13,15-17H,5,8-12,24H2,1H3,(H2,25,32)(H,29,33)(H,30,35)(H,31,34)(H,36,37)(H4,26,27,28). The predicted octanol–water partition coefficient (Wildman–Crippen LogP) is -2.57. The number of hydrogen-bond donors (Lipinski definition) is 8. The summed E-state index contributed by atoms with van der Waals surface area (Å²) in [7, 11) is 0. The van der Waals surface area contributed by atoms with E-state index in [2.05, 4.69) is 20.9 Å². The molecular weight excluding hydrogens is 484 g/mol. The van der Waals surface area contributed by atoms with Crippen molar-refractivity contribution in [2.45, 2.75) is 63.2 Å². The number of nitrogens with two attached hydrogens (primary N) is 4. The van der Waals surface area contributed by atoms with E-state index in [4.69, 9.17) is 22.9 Å². The van der Waals surface area contributed by atoms with Crippen molar-refractivity contribution in [1.29, 1.82) is 0 Å². The number of primary amides is 1. The van der Waals surface area contributed by atoms with Crippen LogP contribution >= 0.6 is 0 Å². The Labute approximate surface area is 214 Å². The van der Waals surface area contributed by atoms with Gasteiger partial charge in [-0.3, -0.25) is 24.2 Å². The van der Waals surface area contributed by atoms with Crippen LogP contribution in [0.5, 0.6) is 0 Å². The molecule has 1 aromatic rings. The minimum absolute atomic E-state index is 0.0303. The fraction of sp³-hybridized carbons (Fsp3) is 0.478. The number of nitrogens with zero attached hydrogens (tertiary/aromatic N) is 1. The van der Waals surface area contributed by atoms with E-state index < -0.39 is 53.8 Å². The van der Waals surface area contributed by atoms with Gasteiger partial charge in [-0.25, -0.2) is 4.79 Å². The van der Waals surface area contributed by atoms with Gasteiger partial charge in [0, 0.05) is 19.4 Å². The van der Waals surface area contributed by atoms with Gasteiger partial charge in [0.15, 0.2) is 5.96 Å². The molecule has 37 heavy (non-hydrogen) atoms. The molecule has 0 bridgehead atoms. The maximum atomic E-state index is 13.2. The Morgan fingerprint density at radius 3 is 1.97 bits per heavy atom. The average molecular weight is 521 g/mol. The van der Waals surface area contributed by atoms with Crippen molar-refractivity contribution in [2.75, 3.05) is 6.54 Å². The lowest BCUT2D eigenvalue weighted by Gasteiger charge is -2.25. The number of aliphatic carboxylic acids is 1. The molecule has 0 fully saturated rings. The van der Waals surface area contributed by atoms with Gasteiger partial charge in [0.25, 0.3) is 0 Å². The lowest BCUT2D eigenvalue weighted by Crippen LogP contribution is -2.57. The van der Waals surface area contributed by atoms with Crippen LogP contribution in [0, 0.1) is 0 Å². The van der Waals surface area contributed by atoms with Crippen LogP contribution in [0.15, 0.2) is 35.3 Å². The molecule has 12 N–H and O–H groups in total. The summed E-state index contributed by atoms with van der Waals surface area (Å²) in [6, 6.07) is 4.18. The number of guanidine groups is 1. The number of carbonyl (C=O) groups excluding carboxylic acids is 4. The van der Waals surface area contributed by atoms with Crippen LogP contribution in [-0.2, 0) is 30.4 Å². The highest BCUT2D eigenvalue weighted by atomic mass is 16.4. The highest BCUT2D eigenvalue weighted by Crippen LogP contribution is 2.07. The summed E-state index contributed by atoms with van der Waals surface area (Å²) in [6.45, 7) is 1.65. The van der Waals surface area contributed by atoms with Gasteiger partial charge in [-0.1, -0.05) is 30.3 Å². The molecule has 0 saturated carbocycles. The van der Waals surface area contributed by atoms with E-state index in [-0.39, 0.29) is 38.2 Å². The third-order valence-electron chi connectivity index (χ3n) is 5.20. The molecular formula is C23H36N8O6. The Hall–Kier alpha value is -4.20. The second kappa shape index (κ2) is 15.7. The number of amides is 4. The molecule has 204 valence electrons. The number of carboxylic acid groups (broad SMARTS) is 1. The van der Waals surface area contributed by atoms with Crippen LogP contribution in [0.25, 0.3) is 0 Å². The van der Waals surface area contributed by atoms with Crippen molar-refractivity contribution in [3.05, 3.63) is 35.9 Å². The van der Waals surface area contributed by atoms with Crippen LogP contribution in [0.1, 0.15) is 38.2 Å². The third kappa shape index (κ3) is 12.4. The molecule has 0 aliphatic carbocycles. The zero-order chi connectivity index (χ0) is 28.0. The van der Waals surface area contributed by atoms with Crippen molar-refractivity contribution in [2.24, 2.45) is 27.9 Å². The Bertz CT molecular complexity index is 965. The van der Waals surface area contributed by atoms with E-state index in [1.54, 1.807) is 30.3 Å². The summed E-state index contributed by atoms with van der Waals surface area (Å²) in [5.74, 6) is -4.25. The molecule has 4 amide bonds. The first-order valence-electron chi connectivity index (χ1n) is 11.7. The zero-order valence-electron chi connectivity index (χ0n) is 20.7. The first kappa shape index (κ1) is 30.8. The van der Waals surface area contributed by atoms with E-state index in [9.17, 15) is 29.1 Å². The van der Waals surface area contributed by atoms with Crippen molar-refractivity contribution >= 4 is 35.6 Å². The lowest BCUT2D eigenvalue weighted by molar-refractivity contribution is -0.142. The van der Waals surface area contributed by atoms with Crippen molar-refractivity contribution < 1.29 is 29.1 Å². The van der Waals surface area contributed by atoms with Crippen LogP contribution in [-0.4, -0.2) is 71.4 Å². The van der Waals surface area contributed by atoms with Crippen molar-refractivity contribution in [1.82, 2.24) is 16.0 Å². The van der Waals surface area contributed by atoms with Gasteiger partial charge in [-0.05, 0) is 31.7 Å². The topological polar surface area (TPSA) is 258 Å². The third-order valence-corrected chi connectivity index (χ3v) is 5.20. The number of carboxylic acids is 1. The molecule has 0 heterocycles. The van der Waals surface area contributed by atoms with Crippen LogP contribution in [0.2, 0.25) is 0 Å².